The zero-order valence-electron chi connectivity index (χ0n) is 15.9. The number of rotatable bonds is 6. The number of amides is 1. The summed E-state index contributed by atoms with van der Waals surface area (Å²) in [4.78, 5) is 21.1. The van der Waals surface area contributed by atoms with Gasteiger partial charge in [0, 0.05) is 38.8 Å². The molecule has 0 spiro atoms. The summed E-state index contributed by atoms with van der Waals surface area (Å²) in [6, 6.07) is 7.62. The molecule has 1 aliphatic carbocycles. The Kier molecular flexibility index (Phi) is 8.62. The van der Waals surface area contributed by atoms with Crippen molar-refractivity contribution in [2.45, 2.75) is 32.4 Å². The number of nitrogens with zero attached hydrogens (tertiary/aromatic N) is 3. The first-order valence-electron chi connectivity index (χ1n) is 9.47. The highest BCUT2D eigenvalue weighted by Crippen LogP contribution is 2.18. The molecule has 0 radical (unpaired) electrons. The number of hydrogen-bond donors (Lipinski definition) is 3. The molecule has 150 valence electrons. The minimum atomic E-state index is 0. The molecular weight excluding hydrogens is 457 g/mol. The third kappa shape index (κ3) is 7.17. The van der Waals surface area contributed by atoms with Crippen LogP contribution in [0.15, 0.2) is 29.3 Å². The normalized spacial score (nSPS) is 18.0. The number of benzene rings is 1. The van der Waals surface area contributed by atoms with Crippen molar-refractivity contribution in [2.75, 3.05) is 39.3 Å². The summed E-state index contributed by atoms with van der Waals surface area (Å²) < 4.78 is 0. The number of hydrogen-bond acceptors (Lipinski definition) is 4. The standard InChI is InChI=1S/C19H29N5O2.HI/c1-2-20-19(21-13-15-4-3-5-17(25)12-15)24-10-8-23(9-11-24)14-18(26)22-16-6-7-16;/h3-5,12,16,25H,2,6-11,13-14H2,1H3,(H,20,21)(H,22,26);1H. The van der Waals surface area contributed by atoms with Crippen LogP contribution >= 0.6 is 24.0 Å². The van der Waals surface area contributed by atoms with Gasteiger partial charge in [0.1, 0.15) is 5.75 Å². The highest BCUT2D eigenvalue weighted by atomic mass is 127. The summed E-state index contributed by atoms with van der Waals surface area (Å²) in [6.45, 7) is 7.29. The van der Waals surface area contributed by atoms with Crippen molar-refractivity contribution >= 4 is 35.8 Å². The molecular formula is C19H30IN5O2. The first-order chi connectivity index (χ1) is 12.6. The van der Waals surface area contributed by atoms with Crippen molar-refractivity contribution in [2.24, 2.45) is 4.99 Å². The zero-order chi connectivity index (χ0) is 18.4. The monoisotopic (exact) mass is 487 g/mol. The lowest BCUT2D eigenvalue weighted by molar-refractivity contribution is -0.122. The lowest BCUT2D eigenvalue weighted by atomic mass is 10.2. The highest BCUT2D eigenvalue weighted by molar-refractivity contribution is 14.0. The number of aliphatic imine (C=N–C) groups is 1. The van der Waals surface area contributed by atoms with Gasteiger partial charge in [-0.05, 0) is 37.5 Å². The first-order valence-corrected chi connectivity index (χ1v) is 9.47. The Bertz CT molecular complexity index is 643. The van der Waals surface area contributed by atoms with E-state index in [1.807, 2.05) is 12.1 Å². The van der Waals surface area contributed by atoms with Crippen LogP contribution in [-0.2, 0) is 11.3 Å². The molecule has 1 saturated heterocycles. The molecule has 0 aromatic heterocycles. The fraction of sp³-hybridized carbons (Fsp3) is 0.579. The van der Waals surface area contributed by atoms with Crippen LogP contribution in [0.25, 0.3) is 0 Å². The van der Waals surface area contributed by atoms with E-state index >= 15 is 0 Å². The zero-order valence-corrected chi connectivity index (χ0v) is 18.2. The second kappa shape index (κ2) is 10.7. The van der Waals surface area contributed by atoms with Gasteiger partial charge in [0.25, 0.3) is 0 Å². The van der Waals surface area contributed by atoms with Crippen molar-refractivity contribution in [3.05, 3.63) is 29.8 Å². The minimum absolute atomic E-state index is 0. The fourth-order valence-corrected chi connectivity index (χ4v) is 3.07. The van der Waals surface area contributed by atoms with Gasteiger partial charge < -0.3 is 20.6 Å². The minimum Gasteiger partial charge on any atom is -0.508 e. The second-order valence-electron chi connectivity index (χ2n) is 6.95. The number of carbonyl (C=O) groups is 1. The van der Waals surface area contributed by atoms with Crippen LogP contribution in [0.5, 0.6) is 5.75 Å². The Balaban J connectivity index is 0.00000261. The van der Waals surface area contributed by atoms with Gasteiger partial charge in [0.2, 0.25) is 5.91 Å². The van der Waals surface area contributed by atoms with Gasteiger partial charge in [-0.1, -0.05) is 12.1 Å². The number of carbonyl (C=O) groups excluding carboxylic acids is 1. The van der Waals surface area contributed by atoms with E-state index in [4.69, 9.17) is 4.99 Å². The quantitative estimate of drug-likeness (QED) is 0.321. The molecule has 1 saturated carbocycles. The maximum absolute atomic E-state index is 11.9. The van der Waals surface area contributed by atoms with E-state index in [2.05, 4.69) is 27.4 Å². The number of nitrogens with one attached hydrogen (secondary N) is 2. The van der Waals surface area contributed by atoms with Gasteiger partial charge in [-0.25, -0.2) is 4.99 Å². The molecule has 1 heterocycles. The molecule has 2 aliphatic rings. The van der Waals surface area contributed by atoms with Gasteiger partial charge in [-0.2, -0.15) is 0 Å². The molecule has 3 rings (SSSR count). The van der Waals surface area contributed by atoms with E-state index in [1.165, 1.54) is 0 Å². The number of guanidine groups is 1. The molecule has 0 bridgehead atoms. The van der Waals surface area contributed by atoms with Crippen LogP contribution in [-0.4, -0.2) is 72.1 Å². The van der Waals surface area contributed by atoms with Crippen LogP contribution in [0.4, 0.5) is 0 Å². The number of phenols is 1. The Hall–Kier alpha value is -1.55. The fourth-order valence-electron chi connectivity index (χ4n) is 3.07. The first kappa shape index (κ1) is 21.7. The molecule has 1 amide bonds. The van der Waals surface area contributed by atoms with Gasteiger partial charge in [0.15, 0.2) is 5.96 Å². The number of phenolic OH excluding ortho intramolecular Hbond substituents is 1. The van der Waals surface area contributed by atoms with E-state index in [-0.39, 0.29) is 35.6 Å². The SMILES string of the molecule is CCNC(=NCc1cccc(O)c1)N1CCN(CC(=O)NC2CC2)CC1.I. The van der Waals surface area contributed by atoms with Crippen LogP contribution in [0.2, 0.25) is 0 Å². The summed E-state index contributed by atoms with van der Waals surface area (Å²) in [7, 11) is 0. The van der Waals surface area contributed by atoms with Gasteiger partial charge in [-0.3, -0.25) is 9.69 Å². The van der Waals surface area contributed by atoms with Crippen LogP contribution in [0.1, 0.15) is 25.3 Å². The summed E-state index contributed by atoms with van der Waals surface area (Å²) in [5.41, 5.74) is 0.982. The topological polar surface area (TPSA) is 80.2 Å². The Morgan fingerprint density at radius 2 is 2.00 bits per heavy atom. The van der Waals surface area contributed by atoms with Crippen LogP contribution in [0.3, 0.4) is 0 Å². The molecule has 1 aromatic carbocycles. The summed E-state index contributed by atoms with van der Waals surface area (Å²) in [5.74, 6) is 1.30. The largest absolute Gasteiger partial charge is 0.508 e. The Labute approximate surface area is 178 Å². The summed E-state index contributed by atoms with van der Waals surface area (Å²) >= 11 is 0. The lowest BCUT2D eigenvalue weighted by Gasteiger charge is -2.36. The maximum Gasteiger partial charge on any atom is 0.234 e. The van der Waals surface area contributed by atoms with Crippen molar-refractivity contribution in [3.8, 4) is 5.75 Å². The molecule has 3 N–H and O–H groups in total. The van der Waals surface area contributed by atoms with Crippen molar-refractivity contribution in [1.29, 1.82) is 0 Å². The van der Waals surface area contributed by atoms with Gasteiger partial charge in [-0.15, -0.1) is 24.0 Å². The predicted molar refractivity (Wildman–Crippen MR) is 118 cm³/mol. The maximum atomic E-state index is 11.9. The third-order valence-electron chi connectivity index (χ3n) is 4.64. The molecule has 8 heteroatoms. The average molecular weight is 487 g/mol. The number of aromatic hydroxyl groups is 1. The Morgan fingerprint density at radius 1 is 1.26 bits per heavy atom. The van der Waals surface area contributed by atoms with Crippen LogP contribution in [0, 0.1) is 0 Å². The van der Waals surface area contributed by atoms with Crippen molar-refractivity contribution in [1.82, 2.24) is 20.4 Å². The molecule has 2 fully saturated rings. The molecule has 7 nitrogen and oxygen atoms in total. The van der Waals surface area contributed by atoms with E-state index < -0.39 is 0 Å². The average Bonchev–Trinajstić information content (AvgIpc) is 3.43. The highest BCUT2D eigenvalue weighted by Gasteiger charge is 2.25. The number of halogens is 1. The molecule has 1 aliphatic heterocycles. The molecule has 27 heavy (non-hydrogen) atoms. The van der Waals surface area contributed by atoms with Crippen molar-refractivity contribution < 1.29 is 9.90 Å². The molecule has 0 unspecified atom stereocenters. The second-order valence-corrected chi connectivity index (χ2v) is 6.95. The lowest BCUT2D eigenvalue weighted by Crippen LogP contribution is -2.54. The van der Waals surface area contributed by atoms with E-state index in [0.29, 0.717) is 19.1 Å². The summed E-state index contributed by atoms with van der Waals surface area (Å²) in [5, 5.41) is 16.0. The smallest absolute Gasteiger partial charge is 0.234 e. The van der Waals surface area contributed by atoms with E-state index in [9.17, 15) is 9.90 Å². The van der Waals surface area contributed by atoms with Gasteiger partial charge >= 0.3 is 0 Å². The van der Waals surface area contributed by atoms with Gasteiger partial charge in [0.05, 0.1) is 13.1 Å². The summed E-state index contributed by atoms with van der Waals surface area (Å²) in [6.07, 6.45) is 2.25. The Morgan fingerprint density at radius 3 is 2.63 bits per heavy atom. The van der Waals surface area contributed by atoms with E-state index in [1.54, 1.807) is 12.1 Å². The van der Waals surface area contributed by atoms with Crippen LogP contribution < -0.4 is 10.6 Å². The third-order valence-corrected chi connectivity index (χ3v) is 4.64. The number of piperazine rings is 1. The predicted octanol–water partition coefficient (Wildman–Crippen LogP) is 1.37. The van der Waals surface area contributed by atoms with Crippen molar-refractivity contribution in [3.63, 3.8) is 0 Å². The molecule has 1 aromatic rings. The van der Waals surface area contributed by atoms with E-state index in [0.717, 1.165) is 57.1 Å². The molecule has 0 atom stereocenters.